The summed E-state index contributed by atoms with van der Waals surface area (Å²) in [6, 6.07) is 1.96. The van der Waals surface area contributed by atoms with Crippen LogP contribution >= 0.6 is 24.8 Å². The van der Waals surface area contributed by atoms with Gasteiger partial charge >= 0.3 is 6.18 Å². The molecule has 0 radical (unpaired) electrons. The highest BCUT2D eigenvalue weighted by atomic mass is 35.5. The lowest BCUT2D eigenvalue weighted by Crippen LogP contribution is -2.45. The Bertz CT molecular complexity index is 503. The summed E-state index contributed by atoms with van der Waals surface area (Å²) in [5, 5.41) is 6.04. The number of carbonyl (C=O) groups excluding carboxylic acids is 1. The number of piperidine rings is 1. The molecule has 4 nitrogen and oxygen atoms in total. The molecular formula is C14H20Cl2F3N3O. The van der Waals surface area contributed by atoms with Crippen LogP contribution in [0.3, 0.4) is 0 Å². The molecule has 1 amide bonds. The van der Waals surface area contributed by atoms with E-state index in [-0.39, 0.29) is 35.8 Å². The number of amides is 1. The van der Waals surface area contributed by atoms with Crippen molar-refractivity contribution in [2.24, 2.45) is 5.41 Å². The predicted molar refractivity (Wildman–Crippen MR) is 86.3 cm³/mol. The maximum atomic E-state index is 12.4. The molecule has 1 aliphatic heterocycles. The minimum atomic E-state index is -4.49. The molecule has 2 N–H and O–H groups in total. The molecule has 1 aromatic rings. The number of hydrogen-bond donors (Lipinski definition) is 2. The summed E-state index contributed by atoms with van der Waals surface area (Å²) in [7, 11) is 0. The minimum Gasteiger partial charge on any atom is -0.351 e. The molecular weight excluding hydrogens is 354 g/mol. The highest BCUT2D eigenvalue weighted by molar-refractivity contribution is 5.93. The Morgan fingerprint density at radius 3 is 2.57 bits per heavy atom. The number of aromatic nitrogens is 1. The predicted octanol–water partition coefficient (Wildman–Crippen LogP) is 3.06. The molecule has 23 heavy (non-hydrogen) atoms. The van der Waals surface area contributed by atoms with Gasteiger partial charge in [-0.1, -0.05) is 6.92 Å². The minimum absolute atomic E-state index is 0. The van der Waals surface area contributed by atoms with E-state index in [0.29, 0.717) is 6.54 Å². The van der Waals surface area contributed by atoms with Crippen LogP contribution in [0.2, 0.25) is 0 Å². The molecule has 1 atom stereocenters. The third kappa shape index (κ3) is 6.16. The first-order valence-corrected chi connectivity index (χ1v) is 6.82. The lowest BCUT2D eigenvalue weighted by molar-refractivity contribution is -0.141. The van der Waals surface area contributed by atoms with Gasteiger partial charge in [0.15, 0.2) is 0 Å². The van der Waals surface area contributed by atoms with Gasteiger partial charge in [-0.15, -0.1) is 24.8 Å². The summed E-state index contributed by atoms with van der Waals surface area (Å²) in [6.07, 6.45) is -1.48. The van der Waals surface area contributed by atoms with Crippen molar-refractivity contribution in [1.82, 2.24) is 15.6 Å². The van der Waals surface area contributed by atoms with E-state index in [1.165, 1.54) is 0 Å². The Kier molecular flexibility index (Phi) is 8.31. The summed E-state index contributed by atoms with van der Waals surface area (Å²) < 4.78 is 37.2. The Morgan fingerprint density at radius 2 is 2.09 bits per heavy atom. The maximum Gasteiger partial charge on any atom is 0.433 e. The van der Waals surface area contributed by atoms with E-state index >= 15 is 0 Å². The van der Waals surface area contributed by atoms with Gasteiger partial charge in [0, 0.05) is 19.3 Å². The Balaban J connectivity index is 0.00000242. The molecule has 0 aliphatic carbocycles. The van der Waals surface area contributed by atoms with Gasteiger partial charge in [0.2, 0.25) is 0 Å². The number of rotatable bonds is 3. The second-order valence-electron chi connectivity index (χ2n) is 5.70. The van der Waals surface area contributed by atoms with Crippen LogP contribution in [0.5, 0.6) is 0 Å². The number of halogens is 5. The Hall–Kier alpha value is -1.05. The average Bonchev–Trinajstić information content (AvgIpc) is 2.45. The van der Waals surface area contributed by atoms with E-state index in [0.717, 1.165) is 44.3 Å². The molecule has 0 bridgehead atoms. The van der Waals surface area contributed by atoms with E-state index in [4.69, 9.17) is 0 Å². The highest BCUT2D eigenvalue weighted by Crippen LogP contribution is 2.27. The molecule has 1 fully saturated rings. The molecule has 9 heteroatoms. The van der Waals surface area contributed by atoms with Crippen LogP contribution in [0, 0.1) is 5.41 Å². The van der Waals surface area contributed by atoms with Crippen molar-refractivity contribution in [1.29, 1.82) is 0 Å². The Morgan fingerprint density at radius 1 is 1.39 bits per heavy atom. The molecule has 1 unspecified atom stereocenters. The van der Waals surface area contributed by atoms with E-state index in [2.05, 4.69) is 22.5 Å². The first kappa shape index (κ1) is 21.9. The van der Waals surface area contributed by atoms with E-state index in [1.54, 1.807) is 0 Å². The number of pyridine rings is 1. The summed E-state index contributed by atoms with van der Waals surface area (Å²) in [5.41, 5.74) is -0.884. The van der Waals surface area contributed by atoms with Crippen molar-refractivity contribution < 1.29 is 18.0 Å². The molecule has 1 aromatic heterocycles. The van der Waals surface area contributed by atoms with Gasteiger partial charge in [0.25, 0.3) is 5.91 Å². The van der Waals surface area contributed by atoms with Crippen LogP contribution in [0.1, 0.15) is 35.8 Å². The van der Waals surface area contributed by atoms with Crippen molar-refractivity contribution in [2.45, 2.75) is 25.9 Å². The zero-order valence-electron chi connectivity index (χ0n) is 12.6. The molecule has 2 heterocycles. The van der Waals surface area contributed by atoms with Crippen LogP contribution < -0.4 is 10.6 Å². The number of hydrogen-bond acceptors (Lipinski definition) is 3. The van der Waals surface area contributed by atoms with E-state index in [1.807, 2.05) is 0 Å². The summed E-state index contributed by atoms with van der Waals surface area (Å²) >= 11 is 0. The molecule has 0 saturated carbocycles. The van der Waals surface area contributed by atoms with Crippen molar-refractivity contribution in [2.75, 3.05) is 19.6 Å². The zero-order valence-corrected chi connectivity index (χ0v) is 14.2. The van der Waals surface area contributed by atoms with E-state index < -0.39 is 17.8 Å². The van der Waals surface area contributed by atoms with Crippen molar-refractivity contribution >= 4 is 30.7 Å². The first-order valence-electron chi connectivity index (χ1n) is 6.82. The van der Waals surface area contributed by atoms with Gasteiger partial charge in [-0.2, -0.15) is 13.2 Å². The number of carbonyl (C=O) groups is 1. The molecule has 132 valence electrons. The van der Waals surface area contributed by atoms with Crippen LogP contribution in [-0.2, 0) is 6.18 Å². The largest absolute Gasteiger partial charge is 0.433 e. The first-order chi connectivity index (χ1) is 9.80. The Labute approximate surface area is 145 Å². The lowest BCUT2D eigenvalue weighted by Gasteiger charge is -2.34. The summed E-state index contributed by atoms with van der Waals surface area (Å²) in [6.45, 7) is 4.36. The fourth-order valence-corrected chi connectivity index (χ4v) is 2.36. The third-order valence-corrected chi connectivity index (χ3v) is 3.68. The van der Waals surface area contributed by atoms with Gasteiger partial charge in [-0.3, -0.25) is 9.78 Å². The molecule has 1 aliphatic rings. The molecule has 1 saturated heterocycles. The van der Waals surface area contributed by atoms with Crippen molar-refractivity contribution in [3.05, 3.63) is 29.6 Å². The van der Waals surface area contributed by atoms with Crippen LogP contribution in [0.25, 0.3) is 0 Å². The normalized spacial score (nSPS) is 20.9. The van der Waals surface area contributed by atoms with Crippen LogP contribution in [0.4, 0.5) is 13.2 Å². The van der Waals surface area contributed by atoms with Gasteiger partial charge in [0.1, 0.15) is 5.69 Å². The maximum absolute atomic E-state index is 12.4. The molecule has 0 spiro atoms. The quantitative estimate of drug-likeness (QED) is 0.855. The number of nitrogens with one attached hydrogen (secondary N) is 2. The van der Waals surface area contributed by atoms with Crippen molar-refractivity contribution in [3.8, 4) is 0 Å². The lowest BCUT2D eigenvalue weighted by atomic mass is 9.83. The SMILES string of the molecule is CC1(CNC(=O)c2ccc(C(F)(F)F)nc2)CCCNC1.Cl.Cl. The van der Waals surface area contributed by atoms with Crippen LogP contribution in [-0.4, -0.2) is 30.5 Å². The number of nitrogens with zero attached hydrogens (tertiary/aromatic N) is 1. The van der Waals surface area contributed by atoms with E-state index in [9.17, 15) is 18.0 Å². The summed E-state index contributed by atoms with van der Waals surface area (Å²) in [5.74, 6) is -0.400. The molecule has 2 rings (SSSR count). The zero-order chi connectivity index (χ0) is 15.5. The average molecular weight is 374 g/mol. The third-order valence-electron chi connectivity index (χ3n) is 3.68. The van der Waals surface area contributed by atoms with Gasteiger partial charge in [-0.05, 0) is 36.9 Å². The monoisotopic (exact) mass is 373 g/mol. The fourth-order valence-electron chi connectivity index (χ4n) is 2.36. The standard InChI is InChI=1S/C14H18F3N3O.2ClH/c1-13(5-2-6-18-8-13)9-20-12(21)10-3-4-11(19-7-10)14(15,16)17;;/h3-4,7,18H,2,5-6,8-9H2,1H3,(H,20,21);2*1H. The van der Waals surface area contributed by atoms with Gasteiger partial charge in [-0.25, -0.2) is 0 Å². The smallest absolute Gasteiger partial charge is 0.351 e. The van der Waals surface area contributed by atoms with Crippen molar-refractivity contribution in [3.63, 3.8) is 0 Å². The van der Waals surface area contributed by atoms with Crippen LogP contribution in [0.15, 0.2) is 18.3 Å². The second kappa shape index (κ2) is 8.70. The number of alkyl halides is 3. The van der Waals surface area contributed by atoms with Gasteiger partial charge in [0.05, 0.1) is 5.56 Å². The second-order valence-corrected chi connectivity index (χ2v) is 5.70. The highest BCUT2D eigenvalue weighted by Gasteiger charge is 2.32. The molecule has 0 aromatic carbocycles. The van der Waals surface area contributed by atoms with Gasteiger partial charge < -0.3 is 10.6 Å². The summed E-state index contributed by atoms with van der Waals surface area (Å²) in [4.78, 5) is 15.2. The fraction of sp³-hybridized carbons (Fsp3) is 0.571. The topological polar surface area (TPSA) is 54.0 Å².